The number of carbonyl (C=O) groups is 1. The number of rotatable bonds is 5. The molecule has 1 N–H and O–H groups in total. The highest BCUT2D eigenvalue weighted by Crippen LogP contribution is 2.23. The van der Waals surface area contributed by atoms with Gasteiger partial charge in [0.2, 0.25) is 0 Å². The number of carbonyl (C=O) groups excluding carboxylic acids is 1. The molecule has 0 unspecified atom stereocenters. The molecule has 0 amide bonds. The van der Waals surface area contributed by atoms with Gasteiger partial charge < -0.3 is 14.7 Å². The zero-order valence-corrected chi connectivity index (χ0v) is 9.19. The third-order valence-corrected chi connectivity index (χ3v) is 2.76. The van der Waals surface area contributed by atoms with E-state index < -0.39 is 0 Å². The lowest BCUT2D eigenvalue weighted by Crippen LogP contribution is -2.31. The highest BCUT2D eigenvalue weighted by atomic mass is 16.5. The van der Waals surface area contributed by atoms with Gasteiger partial charge in [-0.1, -0.05) is 12.8 Å². The van der Waals surface area contributed by atoms with Crippen molar-refractivity contribution in [1.82, 2.24) is 4.90 Å². The largest absolute Gasteiger partial charge is 0.466 e. The summed E-state index contributed by atoms with van der Waals surface area (Å²) in [6.07, 6.45) is 7.90. The number of hydrogen-bond acceptors (Lipinski definition) is 4. The Hall–Kier alpha value is -1.03. The molecular formula is C11H19NO3. The minimum absolute atomic E-state index is 0.113. The van der Waals surface area contributed by atoms with Crippen molar-refractivity contribution in [3.63, 3.8) is 0 Å². The zero-order valence-electron chi connectivity index (χ0n) is 9.19. The molecule has 4 heteroatoms. The Bertz CT molecular complexity index is 222. The molecule has 4 nitrogen and oxygen atoms in total. The molecule has 0 aromatic heterocycles. The molecule has 0 atom stereocenters. The average molecular weight is 213 g/mol. The monoisotopic (exact) mass is 213 g/mol. The van der Waals surface area contributed by atoms with Crippen LogP contribution in [-0.2, 0) is 9.53 Å². The van der Waals surface area contributed by atoms with E-state index in [1.165, 1.54) is 26.0 Å². The molecular weight excluding hydrogens is 194 g/mol. The fraction of sp³-hybridized carbons (Fsp3) is 0.727. The quantitative estimate of drug-likeness (QED) is 0.545. The van der Waals surface area contributed by atoms with E-state index in [-0.39, 0.29) is 12.6 Å². The molecule has 1 rings (SSSR count). The van der Waals surface area contributed by atoms with Crippen molar-refractivity contribution in [1.29, 1.82) is 0 Å². The van der Waals surface area contributed by atoms with Crippen molar-refractivity contribution < 1.29 is 14.6 Å². The summed E-state index contributed by atoms with van der Waals surface area (Å²) in [6.45, 7) is 0.695. The predicted octanol–water partition coefficient (Wildman–Crippen LogP) is 0.910. The second-order valence-electron chi connectivity index (χ2n) is 3.74. The van der Waals surface area contributed by atoms with E-state index in [2.05, 4.69) is 4.74 Å². The lowest BCUT2D eigenvalue weighted by atomic mass is 10.2. The van der Waals surface area contributed by atoms with Crippen LogP contribution in [0, 0.1) is 0 Å². The minimum Gasteiger partial charge on any atom is -0.466 e. The summed E-state index contributed by atoms with van der Waals surface area (Å²) in [5.74, 6) is -0.351. The van der Waals surface area contributed by atoms with E-state index in [1.54, 1.807) is 6.20 Å². The number of aliphatic hydroxyl groups is 1. The zero-order chi connectivity index (χ0) is 11.1. The van der Waals surface area contributed by atoms with Crippen molar-refractivity contribution in [2.24, 2.45) is 0 Å². The Labute approximate surface area is 90.5 Å². The Morgan fingerprint density at radius 1 is 1.53 bits per heavy atom. The third kappa shape index (κ3) is 3.91. The van der Waals surface area contributed by atoms with Crippen LogP contribution in [0.3, 0.4) is 0 Å². The van der Waals surface area contributed by atoms with Gasteiger partial charge in [0.15, 0.2) is 0 Å². The van der Waals surface area contributed by atoms with Gasteiger partial charge in [0, 0.05) is 24.9 Å². The summed E-state index contributed by atoms with van der Waals surface area (Å²) in [6, 6.07) is 0.470. The fourth-order valence-electron chi connectivity index (χ4n) is 1.95. The van der Waals surface area contributed by atoms with Crippen molar-refractivity contribution >= 4 is 5.97 Å². The van der Waals surface area contributed by atoms with Crippen LogP contribution in [0.15, 0.2) is 12.3 Å². The van der Waals surface area contributed by atoms with Gasteiger partial charge in [0.05, 0.1) is 13.7 Å². The molecule has 0 bridgehead atoms. The molecule has 1 saturated carbocycles. The first-order valence-electron chi connectivity index (χ1n) is 5.40. The van der Waals surface area contributed by atoms with E-state index in [0.717, 1.165) is 12.8 Å². The Kier molecular flexibility index (Phi) is 5.18. The number of methoxy groups -OCH3 is 1. The maximum absolute atomic E-state index is 10.9. The van der Waals surface area contributed by atoms with Crippen LogP contribution in [0.5, 0.6) is 0 Å². The molecule has 1 fully saturated rings. The first-order chi connectivity index (χ1) is 7.27. The smallest absolute Gasteiger partial charge is 0.331 e. The summed E-state index contributed by atoms with van der Waals surface area (Å²) in [7, 11) is 1.36. The normalized spacial score (nSPS) is 17.2. The minimum atomic E-state index is -0.351. The van der Waals surface area contributed by atoms with Crippen LogP contribution in [0.4, 0.5) is 0 Å². The standard InChI is InChI=1S/C11H19NO3/c1-15-11(14)6-7-12(8-9-13)10-4-2-3-5-10/h6-7,10,13H,2-5,8-9H2,1H3. The fourth-order valence-corrected chi connectivity index (χ4v) is 1.95. The van der Waals surface area contributed by atoms with E-state index in [4.69, 9.17) is 5.11 Å². The van der Waals surface area contributed by atoms with Gasteiger partial charge in [-0.25, -0.2) is 4.79 Å². The molecule has 0 radical (unpaired) electrons. The molecule has 1 aliphatic rings. The Morgan fingerprint density at radius 3 is 2.73 bits per heavy atom. The van der Waals surface area contributed by atoms with Gasteiger partial charge in [-0.15, -0.1) is 0 Å². The maximum Gasteiger partial charge on any atom is 0.331 e. The van der Waals surface area contributed by atoms with E-state index >= 15 is 0 Å². The van der Waals surface area contributed by atoms with Crippen LogP contribution < -0.4 is 0 Å². The molecule has 0 saturated heterocycles. The topological polar surface area (TPSA) is 49.8 Å². The summed E-state index contributed by atoms with van der Waals surface area (Å²) >= 11 is 0. The van der Waals surface area contributed by atoms with Crippen molar-refractivity contribution in [3.8, 4) is 0 Å². The second kappa shape index (κ2) is 6.45. The number of ether oxygens (including phenoxy) is 1. The van der Waals surface area contributed by atoms with Gasteiger partial charge in [0.25, 0.3) is 0 Å². The molecule has 15 heavy (non-hydrogen) atoms. The van der Waals surface area contributed by atoms with Gasteiger partial charge in [0.1, 0.15) is 0 Å². The summed E-state index contributed by atoms with van der Waals surface area (Å²) in [5, 5.41) is 8.93. The van der Waals surface area contributed by atoms with Crippen LogP contribution >= 0.6 is 0 Å². The molecule has 1 aliphatic carbocycles. The van der Waals surface area contributed by atoms with Crippen LogP contribution in [0.2, 0.25) is 0 Å². The number of esters is 1. The molecule has 0 aliphatic heterocycles. The summed E-state index contributed by atoms with van der Waals surface area (Å²) in [5.41, 5.74) is 0. The van der Waals surface area contributed by atoms with Crippen molar-refractivity contribution in [2.45, 2.75) is 31.7 Å². The molecule has 0 spiro atoms. The van der Waals surface area contributed by atoms with Crippen molar-refractivity contribution in [2.75, 3.05) is 20.3 Å². The van der Waals surface area contributed by atoms with Crippen LogP contribution in [0.1, 0.15) is 25.7 Å². The van der Waals surface area contributed by atoms with E-state index in [0.29, 0.717) is 12.6 Å². The second-order valence-corrected chi connectivity index (χ2v) is 3.74. The van der Waals surface area contributed by atoms with E-state index in [9.17, 15) is 4.79 Å². The molecule has 0 aromatic carbocycles. The Morgan fingerprint density at radius 2 is 2.20 bits per heavy atom. The predicted molar refractivity (Wildman–Crippen MR) is 57.2 cm³/mol. The highest BCUT2D eigenvalue weighted by Gasteiger charge is 2.19. The molecule has 0 heterocycles. The summed E-state index contributed by atoms with van der Waals surface area (Å²) in [4.78, 5) is 13.0. The third-order valence-electron chi connectivity index (χ3n) is 2.76. The van der Waals surface area contributed by atoms with Gasteiger partial charge >= 0.3 is 5.97 Å². The SMILES string of the molecule is COC(=O)C=CN(CCO)C1CCCC1. The first kappa shape index (κ1) is 12.0. The average Bonchev–Trinajstić information content (AvgIpc) is 2.76. The number of hydrogen-bond donors (Lipinski definition) is 1. The maximum atomic E-state index is 10.9. The molecule has 86 valence electrons. The van der Waals surface area contributed by atoms with E-state index in [1.807, 2.05) is 4.90 Å². The van der Waals surface area contributed by atoms with Crippen LogP contribution in [-0.4, -0.2) is 42.3 Å². The van der Waals surface area contributed by atoms with Gasteiger partial charge in [-0.2, -0.15) is 0 Å². The first-order valence-corrected chi connectivity index (χ1v) is 5.40. The lowest BCUT2D eigenvalue weighted by Gasteiger charge is -2.26. The Balaban J connectivity index is 2.48. The number of aliphatic hydroxyl groups excluding tert-OH is 1. The number of nitrogens with zero attached hydrogens (tertiary/aromatic N) is 1. The molecule has 0 aromatic rings. The van der Waals surface area contributed by atoms with Gasteiger partial charge in [-0.3, -0.25) is 0 Å². The van der Waals surface area contributed by atoms with Crippen LogP contribution in [0.25, 0.3) is 0 Å². The van der Waals surface area contributed by atoms with Crippen molar-refractivity contribution in [3.05, 3.63) is 12.3 Å². The highest BCUT2D eigenvalue weighted by molar-refractivity contribution is 5.81. The lowest BCUT2D eigenvalue weighted by molar-refractivity contribution is -0.134. The van der Waals surface area contributed by atoms with Gasteiger partial charge in [-0.05, 0) is 12.8 Å². The summed E-state index contributed by atoms with van der Waals surface area (Å²) < 4.78 is 4.53.